The fourth-order valence-corrected chi connectivity index (χ4v) is 6.05. The van der Waals surface area contributed by atoms with Crippen molar-refractivity contribution in [1.82, 2.24) is 4.90 Å². The zero-order valence-electron chi connectivity index (χ0n) is 13.9. The third kappa shape index (κ3) is 2.90. The standard InChI is InChI=1S/C19H18N2O3S2/c20-15-16(22)21-10-19(18(23)24,11-25-17(15)21)26-14-8-6-13(7-9-14)12-4-2-1-3-5-12/h1-9,15,17H,10-11,20H2,(H,23,24)/t15-,17-,19?/m1/s1. The second-order valence-electron chi connectivity index (χ2n) is 6.49. The smallest absolute Gasteiger partial charge is 0.322 e. The third-order valence-electron chi connectivity index (χ3n) is 4.76. The van der Waals surface area contributed by atoms with Crippen molar-refractivity contribution < 1.29 is 14.7 Å². The van der Waals surface area contributed by atoms with Gasteiger partial charge < -0.3 is 15.7 Å². The van der Waals surface area contributed by atoms with Crippen LogP contribution in [0.25, 0.3) is 11.1 Å². The molecule has 1 unspecified atom stereocenters. The predicted molar refractivity (Wildman–Crippen MR) is 104 cm³/mol. The van der Waals surface area contributed by atoms with E-state index in [2.05, 4.69) is 0 Å². The van der Waals surface area contributed by atoms with Gasteiger partial charge in [0.15, 0.2) is 0 Å². The Labute approximate surface area is 159 Å². The van der Waals surface area contributed by atoms with Crippen molar-refractivity contribution in [3.05, 3.63) is 54.6 Å². The van der Waals surface area contributed by atoms with Crippen molar-refractivity contribution in [3.63, 3.8) is 0 Å². The highest BCUT2D eigenvalue weighted by molar-refractivity contribution is 8.05. The zero-order chi connectivity index (χ0) is 18.3. The first-order valence-electron chi connectivity index (χ1n) is 8.26. The number of carboxylic acids is 1. The lowest BCUT2D eigenvalue weighted by molar-refractivity contribution is -0.148. The average Bonchev–Trinajstić information content (AvgIpc) is 2.68. The molecule has 26 heavy (non-hydrogen) atoms. The molecule has 0 saturated carbocycles. The summed E-state index contributed by atoms with van der Waals surface area (Å²) in [6.07, 6.45) is 0. The first-order valence-corrected chi connectivity index (χ1v) is 10.1. The highest BCUT2D eigenvalue weighted by atomic mass is 32.2. The maximum atomic E-state index is 12.0. The Morgan fingerprint density at radius 3 is 2.46 bits per heavy atom. The van der Waals surface area contributed by atoms with Crippen molar-refractivity contribution in [3.8, 4) is 11.1 Å². The Kier molecular flexibility index (Phi) is 4.46. The van der Waals surface area contributed by atoms with E-state index < -0.39 is 16.8 Å². The zero-order valence-corrected chi connectivity index (χ0v) is 15.5. The minimum Gasteiger partial charge on any atom is -0.480 e. The van der Waals surface area contributed by atoms with Crippen LogP contribution in [0.15, 0.2) is 59.5 Å². The lowest BCUT2D eigenvalue weighted by Crippen LogP contribution is -2.73. The summed E-state index contributed by atoms with van der Waals surface area (Å²) in [7, 11) is 0. The summed E-state index contributed by atoms with van der Waals surface area (Å²) >= 11 is 2.77. The Morgan fingerprint density at radius 1 is 1.15 bits per heavy atom. The van der Waals surface area contributed by atoms with Gasteiger partial charge in [-0.1, -0.05) is 42.5 Å². The molecule has 2 heterocycles. The molecule has 0 aliphatic carbocycles. The number of β-lactam (4-membered cyclic amide) rings is 1. The summed E-state index contributed by atoms with van der Waals surface area (Å²) in [5.41, 5.74) is 8.00. The maximum Gasteiger partial charge on any atom is 0.322 e. The van der Waals surface area contributed by atoms with Crippen molar-refractivity contribution in [2.24, 2.45) is 5.73 Å². The van der Waals surface area contributed by atoms with E-state index in [4.69, 9.17) is 5.73 Å². The van der Waals surface area contributed by atoms with Gasteiger partial charge in [-0.25, -0.2) is 0 Å². The number of carbonyl (C=O) groups is 2. The summed E-state index contributed by atoms with van der Waals surface area (Å²) in [6.45, 7) is 0.192. The van der Waals surface area contributed by atoms with E-state index in [0.29, 0.717) is 5.75 Å². The molecular weight excluding hydrogens is 368 g/mol. The van der Waals surface area contributed by atoms with E-state index in [9.17, 15) is 14.7 Å². The molecule has 0 spiro atoms. The third-order valence-corrected chi connectivity index (χ3v) is 7.84. The highest BCUT2D eigenvalue weighted by Gasteiger charge is 2.56. The minimum atomic E-state index is -1.05. The second-order valence-corrected chi connectivity index (χ2v) is 9.05. The van der Waals surface area contributed by atoms with Crippen LogP contribution in [-0.4, -0.2) is 50.3 Å². The number of aliphatic carboxylic acids is 1. The van der Waals surface area contributed by atoms with E-state index >= 15 is 0 Å². The average molecular weight is 386 g/mol. The Bertz CT molecular complexity index is 844. The van der Waals surface area contributed by atoms with Gasteiger partial charge in [0, 0.05) is 17.2 Å². The van der Waals surface area contributed by atoms with E-state index in [1.54, 1.807) is 4.90 Å². The SMILES string of the molecule is N[C@@H]1C(=O)N2CC(Sc3ccc(-c4ccccc4)cc3)(C(=O)O)CS[C@H]12. The molecule has 7 heteroatoms. The van der Waals surface area contributed by atoms with Crippen LogP contribution >= 0.6 is 23.5 Å². The first-order chi connectivity index (χ1) is 12.5. The van der Waals surface area contributed by atoms with Crippen LogP contribution in [0.4, 0.5) is 0 Å². The van der Waals surface area contributed by atoms with Crippen molar-refractivity contribution in [1.29, 1.82) is 0 Å². The largest absolute Gasteiger partial charge is 0.480 e. The Morgan fingerprint density at radius 2 is 1.81 bits per heavy atom. The van der Waals surface area contributed by atoms with Crippen LogP contribution < -0.4 is 5.73 Å². The summed E-state index contributed by atoms with van der Waals surface area (Å²) in [5, 5.41) is 9.77. The first kappa shape index (κ1) is 17.5. The number of hydrogen-bond donors (Lipinski definition) is 2. The fraction of sp³-hybridized carbons (Fsp3) is 0.263. The second kappa shape index (κ2) is 6.64. The van der Waals surface area contributed by atoms with E-state index in [1.165, 1.54) is 23.5 Å². The minimum absolute atomic E-state index is 0.0870. The fourth-order valence-electron chi connectivity index (χ4n) is 3.26. The number of fused-ring (bicyclic) bond motifs is 1. The van der Waals surface area contributed by atoms with Crippen molar-refractivity contribution in [2.45, 2.75) is 21.1 Å². The number of nitrogens with two attached hydrogens (primary N) is 1. The maximum absolute atomic E-state index is 12.0. The van der Waals surface area contributed by atoms with Crippen LogP contribution in [0.2, 0.25) is 0 Å². The summed E-state index contributed by atoms with van der Waals surface area (Å²) in [4.78, 5) is 26.4. The van der Waals surface area contributed by atoms with Gasteiger partial charge in [0.2, 0.25) is 5.91 Å². The normalized spacial score (nSPS) is 27.6. The molecule has 5 nitrogen and oxygen atoms in total. The molecule has 3 atom stereocenters. The number of hydrogen-bond acceptors (Lipinski definition) is 5. The number of thioether (sulfide) groups is 2. The van der Waals surface area contributed by atoms with Crippen molar-refractivity contribution in [2.75, 3.05) is 12.3 Å². The molecule has 1 amide bonds. The molecule has 2 aromatic rings. The van der Waals surface area contributed by atoms with Gasteiger partial charge in [-0.3, -0.25) is 9.59 Å². The van der Waals surface area contributed by atoms with Gasteiger partial charge in [-0.15, -0.1) is 23.5 Å². The van der Waals surface area contributed by atoms with Gasteiger partial charge >= 0.3 is 5.97 Å². The van der Waals surface area contributed by atoms with E-state index in [0.717, 1.165) is 16.0 Å². The molecule has 2 aromatic carbocycles. The lowest BCUT2D eigenvalue weighted by Gasteiger charge is -2.52. The number of carboxylic acid groups (broad SMARTS) is 1. The van der Waals surface area contributed by atoms with Crippen molar-refractivity contribution >= 4 is 35.4 Å². The topological polar surface area (TPSA) is 83.6 Å². The van der Waals surface area contributed by atoms with E-state index in [-0.39, 0.29) is 17.8 Å². The molecule has 2 saturated heterocycles. The molecule has 2 aliphatic heterocycles. The summed E-state index contributed by atoms with van der Waals surface area (Å²) < 4.78 is -1.05. The van der Waals surface area contributed by atoms with Crippen LogP contribution in [0.5, 0.6) is 0 Å². The van der Waals surface area contributed by atoms with Crippen LogP contribution in [0, 0.1) is 0 Å². The molecule has 0 aromatic heterocycles. The number of carbonyl (C=O) groups excluding carboxylic acids is 1. The summed E-state index contributed by atoms with van der Waals surface area (Å²) in [5.74, 6) is -0.628. The number of nitrogens with zero attached hydrogens (tertiary/aromatic N) is 1. The molecule has 3 N–H and O–H groups in total. The molecule has 2 fully saturated rings. The number of amides is 1. The van der Waals surface area contributed by atoms with Crippen LogP contribution in [-0.2, 0) is 9.59 Å². The van der Waals surface area contributed by atoms with E-state index in [1.807, 2.05) is 54.6 Å². The van der Waals surface area contributed by atoms with Gasteiger partial charge in [-0.05, 0) is 23.3 Å². The molecule has 0 radical (unpaired) electrons. The Hall–Kier alpha value is -1.96. The van der Waals surface area contributed by atoms with Gasteiger partial charge in [0.05, 0.1) is 0 Å². The highest BCUT2D eigenvalue weighted by Crippen LogP contribution is 2.46. The molecule has 134 valence electrons. The lowest BCUT2D eigenvalue weighted by atomic mass is 10.0. The van der Waals surface area contributed by atoms with Crippen LogP contribution in [0.3, 0.4) is 0 Å². The molecule has 2 aliphatic rings. The molecular formula is C19H18N2O3S2. The number of rotatable bonds is 4. The molecule has 4 rings (SSSR count). The Balaban J connectivity index is 1.54. The monoisotopic (exact) mass is 386 g/mol. The predicted octanol–water partition coefficient (Wildman–Crippen LogP) is 2.51. The van der Waals surface area contributed by atoms with Crippen LogP contribution in [0.1, 0.15) is 0 Å². The van der Waals surface area contributed by atoms with Gasteiger partial charge in [-0.2, -0.15) is 0 Å². The quantitative estimate of drug-likeness (QED) is 0.786. The van der Waals surface area contributed by atoms with Gasteiger partial charge in [0.25, 0.3) is 0 Å². The van der Waals surface area contributed by atoms with Gasteiger partial charge in [0.1, 0.15) is 16.2 Å². The number of benzene rings is 2. The molecule has 0 bridgehead atoms. The summed E-state index contributed by atoms with van der Waals surface area (Å²) in [6, 6.07) is 17.4.